The van der Waals surface area contributed by atoms with Crippen molar-refractivity contribution in [1.82, 2.24) is 9.38 Å². The van der Waals surface area contributed by atoms with E-state index in [0.717, 1.165) is 10.4 Å². The van der Waals surface area contributed by atoms with Crippen molar-refractivity contribution in [2.24, 2.45) is 0 Å². The molecule has 3 nitrogen and oxygen atoms in total. The highest BCUT2D eigenvalue weighted by Gasteiger charge is 2.10. The number of aromatic hydroxyl groups is 1. The fourth-order valence-electron chi connectivity index (χ4n) is 1.64. The lowest BCUT2D eigenvalue weighted by molar-refractivity contribution is 0.447. The summed E-state index contributed by atoms with van der Waals surface area (Å²) in [6.45, 7) is 0. The lowest BCUT2D eigenvalue weighted by Crippen LogP contribution is -1.87. The van der Waals surface area contributed by atoms with E-state index in [1.165, 1.54) is 11.3 Å². The molecule has 0 aliphatic rings. The van der Waals surface area contributed by atoms with Crippen molar-refractivity contribution in [3.63, 3.8) is 0 Å². The molecule has 0 unspecified atom stereocenters. The number of hydrogen-bond acceptors (Lipinski definition) is 3. The topological polar surface area (TPSA) is 37.5 Å². The Morgan fingerprint density at radius 2 is 2.12 bits per heavy atom. The van der Waals surface area contributed by atoms with Crippen LogP contribution in [0.3, 0.4) is 0 Å². The second-order valence-corrected chi connectivity index (χ2v) is 5.04. The van der Waals surface area contributed by atoms with Gasteiger partial charge in [0.25, 0.3) is 0 Å². The summed E-state index contributed by atoms with van der Waals surface area (Å²) >= 11 is 7.33. The number of nitrogens with zero attached hydrogens (tertiary/aromatic N) is 2. The molecule has 3 heterocycles. The number of thiophene rings is 1. The summed E-state index contributed by atoms with van der Waals surface area (Å²) in [5.74, 6) is 0.888. The molecule has 3 aromatic heterocycles. The normalized spacial score (nSPS) is 11.1. The number of hydrogen-bond donors (Lipinski definition) is 1. The van der Waals surface area contributed by atoms with Gasteiger partial charge in [-0.25, -0.2) is 4.98 Å². The number of pyridine rings is 1. The smallest absolute Gasteiger partial charge is 0.197 e. The standard InChI is InChI=1S/C11H7ClN2OS/c12-9-5-4-8(16-9)11-13-6-7-2-1-3-10(15)14(7)11/h1-6,15H. The average Bonchev–Trinajstić information content (AvgIpc) is 2.84. The van der Waals surface area contributed by atoms with Gasteiger partial charge in [0.1, 0.15) is 0 Å². The van der Waals surface area contributed by atoms with Crippen LogP contribution in [0.1, 0.15) is 0 Å². The molecular formula is C11H7ClN2OS. The van der Waals surface area contributed by atoms with Gasteiger partial charge in [-0.3, -0.25) is 4.40 Å². The maximum atomic E-state index is 9.80. The lowest BCUT2D eigenvalue weighted by atomic mass is 10.4. The number of rotatable bonds is 1. The molecule has 0 amide bonds. The van der Waals surface area contributed by atoms with Crippen LogP contribution >= 0.6 is 22.9 Å². The van der Waals surface area contributed by atoms with Gasteiger partial charge in [-0.1, -0.05) is 17.7 Å². The minimum Gasteiger partial charge on any atom is -0.494 e. The van der Waals surface area contributed by atoms with Crippen LogP contribution in [0.4, 0.5) is 0 Å². The van der Waals surface area contributed by atoms with E-state index < -0.39 is 0 Å². The van der Waals surface area contributed by atoms with Crippen LogP contribution < -0.4 is 0 Å². The molecule has 0 atom stereocenters. The summed E-state index contributed by atoms with van der Waals surface area (Å²) in [4.78, 5) is 5.23. The molecule has 0 aliphatic carbocycles. The molecule has 5 heteroatoms. The number of imidazole rings is 1. The zero-order valence-corrected chi connectivity index (χ0v) is 9.66. The highest BCUT2D eigenvalue weighted by Crippen LogP contribution is 2.32. The Hall–Kier alpha value is -1.52. The first-order valence-corrected chi connectivity index (χ1v) is 5.86. The third kappa shape index (κ3) is 1.38. The predicted molar refractivity (Wildman–Crippen MR) is 65.2 cm³/mol. The van der Waals surface area contributed by atoms with Gasteiger partial charge >= 0.3 is 0 Å². The summed E-state index contributed by atoms with van der Waals surface area (Å²) in [5.41, 5.74) is 0.861. The Kier molecular flexibility index (Phi) is 2.12. The van der Waals surface area contributed by atoms with E-state index in [2.05, 4.69) is 4.98 Å². The molecule has 3 rings (SSSR count). The van der Waals surface area contributed by atoms with Crippen LogP contribution in [0.5, 0.6) is 5.88 Å². The molecule has 0 spiro atoms. The molecule has 0 fully saturated rings. The van der Waals surface area contributed by atoms with E-state index in [0.29, 0.717) is 10.2 Å². The summed E-state index contributed by atoms with van der Waals surface area (Å²) in [5, 5.41) is 9.80. The predicted octanol–water partition coefficient (Wildman–Crippen LogP) is 3.42. The second-order valence-electron chi connectivity index (χ2n) is 3.33. The molecule has 0 saturated carbocycles. The number of aromatic nitrogens is 2. The van der Waals surface area contributed by atoms with E-state index in [4.69, 9.17) is 11.6 Å². The van der Waals surface area contributed by atoms with Crippen LogP contribution in [0, 0.1) is 0 Å². The van der Waals surface area contributed by atoms with Crippen LogP contribution in [0.2, 0.25) is 4.34 Å². The van der Waals surface area contributed by atoms with E-state index in [1.54, 1.807) is 22.7 Å². The third-order valence-electron chi connectivity index (χ3n) is 2.32. The van der Waals surface area contributed by atoms with Crippen LogP contribution in [-0.2, 0) is 0 Å². The van der Waals surface area contributed by atoms with Gasteiger partial charge in [-0.15, -0.1) is 11.3 Å². The molecule has 0 radical (unpaired) electrons. The summed E-state index contributed by atoms with van der Waals surface area (Å²) in [6.07, 6.45) is 1.72. The third-order valence-corrected chi connectivity index (χ3v) is 3.55. The van der Waals surface area contributed by atoms with Gasteiger partial charge in [0.2, 0.25) is 0 Å². The van der Waals surface area contributed by atoms with Gasteiger partial charge in [-0.05, 0) is 24.3 Å². The van der Waals surface area contributed by atoms with Crippen LogP contribution in [-0.4, -0.2) is 14.5 Å². The highest BCUT2D eigenvalue weighted by molar-refractivity contribution is 7.19. The van der Waals surface area contributed by atoms with Crippen molar-refractivity contribution in [2.75, 3.05) is 0 Å². The van der Waals surface area contributed by atoms with Crippen molar-refractivity contribution in [3.05, 3.63) is 40.9 Å². The Balaban J connectivity index is 2.32. The Morgan fingerprint density at radius 1 is 1.25 bits per heavy atom. The molecule has 0 aromatic carbocycles. The van der Waals surface area contributed by atoms with Gasteiger partial charge < -0.3 is 5.11 Å². The minimum atomic E-state index is 0.175. The maximum absolute atomic E-state index is 9.80. The molecule has 80 valence electrons. The monoisotopic (exact) mass is 250 g/mol. The quantitative estimate of drug-likeness (QED) is 0.719. The highest BCUT2D eigenvalue weighted by atomic mass is 35.5. The summed E-state index contributed by atoms with van der Waals surface area (Å²) in [6, 6.07) is 9.03. The minimum absolute atomic E-state index is 0.175. The molecule has 0 saturated heterocycles. The Morgan fingerprint density at radius 3 is 2.88 bits per heavy atom. The fourth-order valence-corrected chi connectivity index (χ4v) is 2.67. The van der Waals surface area contributed by atoms with Crippen molar-refractivity contribution in [2.45, 2.75) is 0 Å². The molecule has 0 bridgehead atoms. The van der Waals surface area contributed by atoms with Crippen molar-refractivity contribution in [3.8, 4) is 16.6 Å². The first-order valence-electron chi connectivity index (χ1n) is 4.67. The van der Waals surface area contributed by atoms with Gasteiger partial charge in [0, 0.05) is 0 Å². The Labute approximate surface area is 101 Å². The van der Waals surface area contributed by atoms with Gasteiger partial charge in [0.15, 0.2) is 11.7 Å². The first kappa shape index (κ1) is 9.69. The SMILES string of the molecule is Oc1cccc2cnc(-c3ccc(Cl)s3)n12. The zero-order valence-electron chi connectivity index (χ0n) is 8.09. The molecular weight excluding hydrogens is 244 g/mol. The fraction of sp³-hybridized carbons (Fsp3) is 0. The van der Waals surface area contributed by atoms with Crippen molar-refractivity contribution < 1.29 is 5.11 Å². The largest absolute Gasteiger partial charge is 0.494 e. The van der Waals surface area contributed by atoms with Gasteiger partial charge in [0.05, 0.1) is 20.9 Å². The summed E-state index contributed by atoms with van der Waals surface area (Å²) in [7, 11) is 0. The van der Waals surface area contributed by atoms with Crippen molar-refractivity contribution >= 4 is 28.5 Å². The van der Waals surface area contributed by atoms with E-state index >= 15 is 0 Å². The Bertz CT molecular complexity index is 659. The summed E-state index contributed by atoms with van der Waals surface area (Å²) < 4.78 is 2.41. The lowest BCUT2D eigenvalue weighted by Gasteiger charge is -2.01. The second kappa shape index (κ2) is 3.50. The van der Waals surface area contributed by atoms with E-state index in [9.17, 15) is 5.11 Å². The average molecular weight is 251 g/mol. The maximum Gasteiger partial charge on any atom is 0.197 e. The molecule has 1 N–H and O–H groups in total. The molecule has 16 heavy (non-hydrogen) atoms. The van der Waals surface area contributed by atoms with E-state index in [-0.39, 0.29) is 5.88 Å². The van der Waals surface area contributed by atoms with Gasteiger partial charge in [-0.2, -0.15) is 0 Å². The van der Waals surface area contributed by atoms with E-state index in [1.807, 2.05) is 18.2 Å². The number of halogens is 1. The van der Waals surface area contributed by atoms with Crippen LogP contribution in [0.15, 0.2) is 36.5 Å². The van der Waals surface area contributed by atoms with Crippen molar-refractivity contribution in [1.29, 1.82) is 0 Å². The number of fused-ring (bicyclic) bond motifs is 1. The zero-order chi connectivity index (χ0) is 11.1. The molecule has 0 aliphatic heterocycles. The first-order chi connectivity index (χ1) is 7.75. The van der Waals surface area contributed by atoms with Crippen LogP contribution in [0.25, 0.3) is 16.2 Å². The molecule has 3 aromatic rings.